The highest BCUT2D eigenvalue weighted by Crippen LogP contribution is 2.39. The van der Waals surface area contributed by atoms with Gasteiger partial charge in [-0.15, -0.1) is 22.7 Å². The molecule has 2 N–H and O–H groups in total. The lowest BCUT2D eigenvalue weighted by Crippen LogP contribution is -2.49. The van der Waals surface area contributed by atoms with Crippen LogP contribution in [-0.2, 0) is 15.7 Å². The predicted octanol–water partition coefficient (Wildman–Crippen LogP) is 5.73. The maximum absolute atomic E-state index is 10.5. The molecular formula is C29H41B2NO4S2. The zero-order chi connectivity index (χ0) is 28.5. The van der Waals surface area contributed by atoms with Crippen LogP contribution in [0.5, 0.6) is 0 Å². The number of unbranched alkanes of at least 4 members (excludes halogenated alkanes) is 3. The molecule has 0 amide bonds. The molecule has 0 unspecified atom stereocenters. The van der Waals surface area contributed by atoms with Crippen LogP contribution in [0.3, 0.4) is 0 Å². The molecule has 0 fully saturated rings. The molecule has 3 rings (SSSR count). The summed E-state index contributed by atoms with van der Waals surface area (Å²) in [6.07, 6.45) is 5.36. The minimum atomic E-state index is -1.02. The van der Waals surface area contributed by atoms with Gasteiger partial charge in [-0.2, -0.15) is 5.26 Å². The second-order valence-electron chi connectivity index (χ2n) is 12.2. The Morgan fingerprint density at radius 1 is 0.789 bits per heavy atom. The van der Waals surface area contributed by atoms with E-state index in [1.165, 1.54) is 6.42 Å². The molecule has 38 heavy (non-hydrogen) atoms. The number of rotatable bonds is 13. The Morgan fingerprint density at radius 3 is 1.71 bits per heavy atom. The van der Waals surface area contributed by atoms with E-state index in [2.05, 4.69) is 19.1 Å². The Balaban J connectivity index is 2.07. The summed E-state index contributed by atoms with van der Waals surface area (Å²) >= 11 is 3.23. The Hall–Kier alpha value is -1.40. The second kappa shape index (κ2) is 11.6. The normalized spacial score (nSPS) is 13.3. The Bertz CT molecular complexity index is 1310. The zero-order valence-electron chi connectivity index (χ0n) is 24.3. The van der Waals surface area contributed by atoms with Gasteiger partial charge in [0.05, 0.1) is 37.4 Å². The average molecular weight is 553 g/mol. The van der Waals surface area contributed by atoms with Crippen LogP contribution in [0.25, 0.3) is 20.2 Å². The SMILES string of the molecule is CCCCCCc1c(C#N)c2cc([B]OC(C)(C)C(C)(C)O)sc2c2sc([B]OC(C)(C)C(C)(C)O)cc12. The van der Waals surface area contributed by atoms with Crippen molar-refractivity contribution in [1.82, 2.24) is 0 Å². The monoisotopic (exact) mass is 553 g/mol. The summed E-state index contributed by atoms with van der Waals surface area (Å²) in [5, 5.41) is 33.3. The van der Waals surface area contributed by atoms with Gasteiger partial charge in [-0.1, -0.05) is 26.2 Å². The fourth-order valence-electron chi connectivity index (χ4n) is 3.80. The first-order valence-corrected chi connectivity index (χ1v) is 15.0. The molecule has 3 aromatic rings. The third-order valence-corrected chi connectivity index (χ3v) is 10.2. The van der Waals surface area contributed by atoms with Crippen LogP contribution in [0.15, 0.2) is 12.1 Å². The zero-order valence-corrected chi connectivity index (χ0v) is 26.0. The van der Waals surface area contributed by atoms with E-state index >= 15 is 0 Å². The maximum atomic E-state index is 10.5. The molecule has 1 aromatic carbocycles. The largest absolute Gasteiger partial charge is 0.426 e. The number of benzene rings is 1. The van der Waals surface area contributed by atoms with Crippen molar-refractivity contribution in [2.45, 2.75) is 117 Å². The molecule has 0 atom stereocenters. The predicted molar refractivity (Wildman–Crippen MR) is 163 cm³/mol. The third-order valence-electron chi connectivity index (χ3n) is 7.88. The third kappa shape index (κ3) is 6.66. The lowest BCUT2D eigenvalue weighted by Gasteiger charge is -2.37. The number of thiophene rings is 2. The number of hydrogen-bond donors (Lipinski definition) is 2. The maximum Gasteiger partial charge on any atom is 0.341 e. The lowest BCUT2D eigenvalue weighted by molar-refractivity contribution is -0.0892. The van der Waals surface area contributed by atoms with Crippen LogP contribution < -0.4 is 9.55 Å². The van der Waals surface area contributed by atoms with E-state index in [0.717, 1.165) is 66.5 Å². The standard InChI is InChI=1S/C29H41B2NO4S2/c1-10-11-12-13-14-18-19-15-22(30-35-28(6,7)26(2,3)33)37-24(19)25-20(21(18)17-32)16-23(38-25)31-36-29(8,9)27(4,5)34/h15-16,33-34H,10-14H2,1-9H3. The summed E-state index contributed by atoms with van der Waals surface area (Å²) in [7, 11) is 3.43. The van der Waals surface area contributed by atoms with E-state index in [0.29, 0.717) is 0 Å². The van der Waals surface area contributed by atoms with E-state index in [4.69, 9.17) is 9.31 Å². The molecule has 9 heteroatoms. The summed E-state index contributed by atoms with van der Waals surface area (Å²) in [4.78, 5) is 0. The van der Waals surface area contributed by atoms with Gasteiger partial charge in [0.25, 0.3) is 0 Å². The molecule has 2 heterocycles. The Kier molecular flexibility index (Phi) is 9.51. The van der Waals surface area contributed by atoms with Gasteiger partial charge in [-0.25, -0.2) is 0 Å². The summed E-state index contributed by atoms with van der Waals surface area (Å²) in [6.45, 7) is 16.6. The Labute approximate surface area is 237 Å². The van der Waals surface area contributed by atoms with Crippen LogP contribution in [0.4, 0.5) is 0 Å². The molecule has 0 aliphatic heterocycles. The lowest BCUT2D eigenvalue weighted by atomic mass is 9.85. The molecular weight excluding hydrogens is 512 g/mol. The van der Waals surface area contributed by atoms with Crippen LogP contribution >= 0.6 is 22.7 Å². The van der Waals surface area contributed by atoms with Crippen molar-refractivity contribution in [3.63, 3.8) is 0 Å². The smallest absolute Gasteiger partial charge is 0.341 e. The highest BCUT2D eigenvalue weighted by molar-refractivity contribution is 7.34. The van der Waals surface area contributed by atoms with Crippen molar-refractivity contribution in [1.29, 1.82) is 5.26 Å². The molecule has 0 spiro atoms. The molecule has 204 valence electrons. The number of aliphatic hydroxyl groups is 2. The first kappa shape index (κ1) is 31.1. The van der Waals surface area contributed by atoms with Gasteiger partial charge in [0.2, 0.25) is 0 Å². The summed E-state index contributed by atoms with van der Waals surface area (Å²) in [5.41, 5.74) is -1.77. The van der Waals surface area contributed by atoms with Crippen molar-refractivity contribution in [3.05, 3.63) is 23.3 Å². The first-order chi connectivity index (χ1) is 17.5. The van der Waals surface area contributed by atoms with E-state index in [-0.39, 0.29) is 0 Å². The van der Waals surface area contributed by atoms with Gasteiger partial charge in [-0.3, -0.25) is 0 Å². The van der Waals surface area contributed by atoms with Crippen molar-refractivity contribution >= 4 is 67.4 Å². The second-order valence-corrected chi connectivity index (χ2v) is 14.3. The molecule has 2 aromatic heterocycles. The fourth-order valence-corrected chi connectivity index (χ4v) is 6.03. The molecule has 2 radical (unpaired) electrons. The number of nitrogens with zero attached hydrogens (tertiary/aromatic N) is 1. The highest BCUT2D eigenvalue weighted by atomic mass is 32.1. The van der Waals surface area contributed by atoms with E-state index in [9.17, 15) is 15.5 Å². The van der Waals surface area contributed by atoms with Crippen LogP contribution in [-0.4, -0.2) is 47.6 Å². The number of nitriles is 1. The quantitative estimate of drug-likeness (QED) is 0.209. The molecule has 5 nitrogen and oxygen atoms in total. The number of aryl methyl sites for hydroxylation is 1. The molecule has 0 aliphatic carbocycles. The van der Waals surface area contributed by atoms with Gasteiger partial charge in [-0.05, 0) is 91.3 Å². The molecule has 0 bridgehead atoms. The number of fused-ring (bicyclic) bond motifs is 3. The minimum absolute atomic E-state index is 0.726. The average Bonchev–Trinajstić information content (AvgIpc) is 3.42. The van der Waals surface area contributed by atoms with Crippen molar-refractivity contribution in [2.75, 3.05) is 0 Å². The topological polar surface area (TPSA) is 82.7 Å². The van der Waals surface area contributed by atoms with Gasteiger partial charge < -0.3 is 19.5 Å². The van der Waals surface area contributed by atoms with Gasteiger partial charge in [0.1, 0.15) is 6.07 Å². The fraction of sp³-hybridized carbons (Fsp3) is 0.621. The number of hydrogen-bond acceptors (Lipinski definition) is 7. The highest BCUT2D eigenvalue weighted by Gasteiger charge is 2.37. The van der Waals surface area contributed by atoms with Crippen molar-refractivity contribution in [3.8, 4) is 6.07 Å². The van der Waals surface area contributed by atoms with Crippen LogP contribution in [0, 0.1) is 11.3 Å². The van der Waals surface area contributed by atoms with E-state index in [1.54, 1.807) is 65.3 Å². The van der Waals surface area contributed by atoms with Gasteiger partial charge in [0, 0.05) is 14.9 Å². The minimum Gasteiger partial charge on any atom is -0.426 e. The molecule has 0 saturated carbocycles. The summed E-state index contributed by atoms with van der Waals surface area (Å²) in [5.74, 6) is 0. The summed E-state index contributed by atoms with van der Waals surface area (Å²) < 4.78 is 16.1. The van der Waals surface area contributed by atoms with E-state index < -0.39 is 22.4 Å². The molecule has 0 aliphatic rings. The van der Waals surface area contributed by atoms with Crippen LogP contribution in [0.1, 0.15) is 99.1 Å². The summed E-state index contributed by atoms with van der Waals surface area (Å²) in [6, 6.07) is 6.66. The molecule has 0 saturated heterocycles. The van der Waals surface area contributed by atoms with Gasteiger partial charge >= 0.3 is 15.0 Å². The van der Waals surface area contributed by atoms with Gasteiger partial charge in [0.15, 0.2) is 0 Å². The van der Waals surface area contributed by atoms with Crippen molar-refractivity contribution < 1.29 is 19.5 Å². The van der Waals surface area contributed by atoms with Crippen molar-refractivity contribution in [2.24, 2.45) is 0 Å². The van der Waals surface area contributed by atoms with Crippen LogP contribution in [0.2, 0.25) is 0 Å². The first-order valence-electron chi connectivity index (χ1n) is 13.4. The van der Waals surface area contributed by atoms with E-state index in [1.807, 2.05) is 33.8 Å². The Morgan fingerprint density at radius 2 is 1.26 bits per heavy atom.